The molecular weight excluding hydrogens is 235 g/mol. The third-order valence-corrected chi connectivity index (χ3v) is 3.82. The summed E-state index contributed by atoms with van der Waals surface area (Å²) in [6, 6.07) is 6.95. The van der Waals surface area contributed by atoms with Crippen molar-refractivity contribution >= 4 is 22.7 Å². The summed E-state index contributed by atoms with van der Waals surface area (Å²) in [7, 11) is 2.07. The first-order valence-corrected chi connectivity index (χ1v) is 6.47. The summed E-state index contributed by atoms with van der Waals surface area (Å²) in [5.41, 5.74) is 3.36. The molecule has 1 aliphatic heterocycles. The fraction of sp³-hybridized carbons (Fsp3) is 0.231. The number of nitrogens with one attached hydrogen (secondary N) is 1. The molecule has 0 bridgehead atoms. The summed E-state index contributed by atoms with van der Waals surface area (Å²) >= 11 is 1.68. The van der Waals surface area contributed by atoms with Gasteiger partial charge in [0.05, 0.1) is 17.4 Å². The maximum absolute atomic E-state index is 13.2. The Kier molecular flexibility index (Phi) is 2.52. The average Bonchev–Trinajstić information content (AvgIpc) is 2.77. The minimum absolute atomic E-state index is 0.151. The van der Waals surface area contributed by atoms with Gasteiger partial charge in [0.2, 0.25) is 0 Å². The topological polar surface area (TPSA) is 15.3 Å². The zero-order valence-corrected chi connectivity index (χ0v) is 10.3. The predicted octanol–water partition coefficient (Wildman–Crippen LogP) is 3.49. The lowest BCUT2D eigenvalue weighted by Gasteiger charge is -2.33. The molecule has 1 atom stereocenters. The second kappa shape index (κ2) is 4.04. The summed E-state index contributed by atoms with van der Waals surface area (Å²) in [5.74, 6) is -0.178. The molecule has 1 aromatic heterocycles. The van der Waals surface area contributed by atoms with Gasteiger partial charge < -0.3 is 10.2 Å². The highest BCUT2D eigenvalue weighted by Gasteiger charge is 2.23. The molecule has 1 unspecified atom stereocenters. The smallest absolute Gasteiger partial charge is 0.123 e. The monoisotopic (exact) mass is 248 g/mol. The van der Waals surface area contributed by atoms with E-state index in [-0.39, 0.29) is 11.9 Å². The number of nitrogens with zero attached hydrogens (tertiary/aromatic N) is 1. The van der Waals surface area contributed by atoms with Crippen LogP contribution in [0.4, 0.5) is 15.8 Å². The van der Waals surface area contributed by atoms with Crippen molar-refractivity contribution in [1.29, 1.82) is 0 Å². The largest absolute Gasteiger partial charge is 0.374 e. The number of fused-ring (bicyclic) bond motifs is 1. The first-order valence-electron chi connectivity index (χ1n) is 5.53. The highest BCUT2D eigenvalue weighted by atomic mass is 32.1. The van der Waals surface area contributed by atoms with E-state index in [4.69, 9.17) is 0 Å². The number of hydrogen-bond acceptors (Lipinski definition) is 3. The molecular formula is C13H13FN2S. The molecule has 1 aliphatic rings. The summed E-state index contributed by atoms with van der Waals surface area (Å²) < 4.78 is 13.2. The van der Waals surface area contributed by atoms with Crippen molar-refractivity contribution in [2.24, 2.45) is 0 Å². The Hall–Kier alpha value is -1.55. The number of rotatable bonds is 1. The molecule has 1 aromatic carbocycles. The van der Waals surface area contributed by atoms with Crippen LogP contribution in [0.25, 0.3) is 0 Å². The van der Waals surface area contributed by atoms with E-state index >= 15 is 0 Å². The van der Waals surface area contributed by atoms with Gasteiger partial charge >= 0.3 is 0 Å². The summed E-state index contributed by atoms with van der Waals surface area (Å²) in [5, 5.41) is 7.68. The first-order chi connectivity index (χ1) is 8.24. The predicted molar refractivity (Wildman–Crippen MR) is 70.4 cm³/mol. The fourth-order valence-corrected chi connectivity index (χ4v) is 3.04. The van der Waals surface area contributed by atoms with E-state index in [1.54, 1.807) is 23.5 Å². The number of benzene rings is 1. The second-order valence-corrected chi connectivity index (χ2v) is 5.05. The van der Waals surface area contributed by atoms with Crippen LogP contribution in [-0.4, -0.2) is 13.6 Å². The molecule has 0 fully saturated rings. The van der Waals surface area contributed by atoms with Crippen LogP contribution >= 0.6 is 11.3 Å². The standard InChI is InChI=1S/C13H13FN2S/c1-16-6-11(9-3-2-4-10(14)5-9)15-12-7-17-8-13(12)16/h2-5,7-8,11,15H,6H2,1H3. The van der Waals surface area contributed by atoms with Gasteiger partial charge in [0, 0.05) is 24.4 Å². The van der Waals surface area contributed by atoms with Crippen LogP contribution < -0.4 is 10.2 Å². The molecule has 17 heavy (non-hydrogen) atoms. The van der Waals surface area contributed by atoms with Crippen LogP contribution in [0.2, 0.25) is 0 Å². The first kappa shape index (κ1) is 10.6. The molecule has 0 aliphatic carbocycles. The Bertz CT molecular complexity index is 538. The van der Waals surface area contributed by atoms with E-state index in [0.29, 0.717) is 0 Å². The molecule has 2 aromatic rings. The van der Waals surface area contributed by atoms with Gasteiger partial charge in [-0.15, -0.1) is 11.3 Å². The molecule has 0 radical (unpaired) electrons. The van der Waals surface area contributed by atoms with Crippen LogP contribution in [0.15, 0.2) is 35.0 Å². The van der Waals surface area contributed by atoms with Crippen LogP contribution in [0.1, 0.15) is 11.6 Å². The Labute approximate surface area is 104 Å². The van der Waals surface area contributed by atoms with Crippen LogP contribution in [0.3, 0.4) is 0 Å². The Morgan fingerprint density at radius 2 is 2.29 bits per heavy atom. The lowest BCUT2D eigenvalue weighted by molar-refractivity contribution is 0.620. The van der Waals surface area contributed by atoms with Crippen LogP contribution in [0, 0.1) is 5.82 Å². The van der Waals surface area contributed by atoms with Crippen molar-refractivity contribution in [2.75, 3.05) is 23.8 Å². The average molecular weight is 248 g/mol. The zero-order valence-electron chi connectivity index (χ0n) is 9.48. The Balaban J connectivity index is 1.93. The molecule has 88 valence electrons. The maximum atomic E-state index is 13.2. The van der Waals surface area contributed by atoms with E-state index in [1.807, 2.05) is 6.07 Å². The molecule has 0 spiro atoms. The molecule has 0 saturated heterocycles. The van der Waals surface area contributed by atoms with Crippen molar-refractivity contribution in [2.45, 2.75) is 6.04 Å². The van der Waals surface area contributed by atoms with Crippen molar-refractivity contribution in [3.63, 3.8) is 0 Å². The third-order valence-electron chi connectivity index (χ3n) is 3.09. The quantitative estimate of drug-likeness (QED) is 0.831. The minimum atomic E-state index is -0.178. The number of anilines is 2. The fourth-order valence-electron chi connectivity index (χ4n) is 2.21. The molecule has 0 amide bonds. The van der Waals surface area contributed by atoms with Crippen molar-refractivity contribution in [3.8, 4) is 0 Å². The Morgan fingerprint density at radius 3 is 3.12 bits per heavy atom. The van der Waals surface area contributed by atoms with E-state index < -0.39 is 0 Å². The van der Waals surface area contributed by atoms with Gasteiger partial charge in [0.15, 0.2) is 0 Å². The number of likely N-dealkylation sites (N-methyl/N-ethyl adjacent to an activating group) is 1. The SMILES string of the molecule is CN1CC(c2cccc(F)c2)Nc2cscc21. The molecule has 2 heterocycles. The number of hydrogen-bond donors (Lipinski definition) is 1. The zero-order chi connectivity index (χ0) is 11.8. The van der Waals surface area contributed by atoms with Gasteiger partial charge in [0.1, 0.15) is 5.82 Å². The van der Waals surface area contributed by atoms with Gasteiger partial charge in [-0.2, -0.15) is 0 Å². The highest BCUT2D eigenvalue weighted by molar-refractivity contribution is 7.09. The molecule has 1 N–H and O–H groups in total. The van der Waals surface area contributed by atoms with E-state index in [9.17, 15) is 4.39 Å². The lowest BCUT2D eigenvalue weighted by atomic mass is 10.0. The number of halogens is 1. The van der Waals surface area contributed by atoms with Gasteiger partial charge in [-0.25, -0.2) is 4.39 Å². The molecule has 0 saturated carbocycles. The van der Waals surface area contributed by atoms with Crippen LogP contribution in [0.5, 0.6) is 0 Å². The molecule has 4 heteroatoms. The normalized spacial score (nSPS) is 18.7. The maximum Gasteiger partial charge on any atom is 0.123 e. The van der Waals surface area contributed by atoms with Crippen LogP contribution in [-0.2, 0) is 0 Å². The van der Waals surface area contributed by atoms with Gasteiger partial charge in [-0.1, -0.05) is 12.1 Å². The van der Waals surface area contributed by atoms with Gasteiger partial charge in [-0.05, 0) is 17.7 Å². The van der Waals surface area contributed by atoms with Crippen molar-refractivity contribution in [1.82, 2.24) is 0 Å². The number of thiophene rings is 1. The van der Waals surface area contributed by atoms with Crippen molar-refractivity contribution in [3.05, 3.63) is 46.4 Å². The van der Waals surface area contributed by atoms with E-state index in [2.05, 4.69) is 28.0 Å². The van der Waals surface area contributed by atoms with Crippen molar-refractivity contribution < 1.29 is 4.39 Å². The highest BCUT2D eigenvalue weighted by Crippen LogP contribution is 2.37. The third kappa shape index (κ3) is 1.89. The summed E-state index contributed by atoms with van der Waals surface area (Å²) in [6.45, 7) is 0.854. The van der Waals surface area contributed by atoms with Gasteiger partial charge in [-0.3, -0.25) is 0 Å². The van der Waals surface area contributed by atoms with E-state index in [1.165, 1.54) is 11.8 Å². The molecule has 2 nitrogen and oxygen atoms in total. The minimum Gasteiger partial charge on any atom is -0.374 e. The second-order valence-electron chi connectivity index (χ2n) is 4.30. The lowest BCUT2D eigenvalue weighted by Crippen LogP contribution is -2.33. The van der Waals surface area contributed by atoms with E-state index in [0.717, 1.165) is 17.8 Å². The summed E-state index contributed by atoms with van der Waals surface area (Å²) in [4.78, 5) is 2.21. The molecule has 3 rings (SSSR count). The van der Waals surface area contributed by atoms with Gasteiger partial charge in [0.25, 0.3) is 0 Å². The Morgan fingerprint density at radius 1 is 1.41 bits per heavy atom. The summed E-state index contributed by atoms with van der Waals surface area (Å²) in [6.07, 6.45) is 0.